The summed E-state index contributed by atoms with van der Waals surface area (Å²) in [4.78, 5) is 21.7. The Hall–Kier alpha value is -3.16. The minimum absolute atomic E-state index is 0.0200. The molecule has 4 rings (SSSR count). The van der Waals surface area contributed by atoms with Gasteiger partial charge in [-0.2, -0.15) is 10.2 Å². The van der Waals surface area contributed by atoms with Crippen molar-refractivity contribution in [2.75, 3.05) is 31.0 Å². The van der Waals surface area contributed by atoms with Gasteiger partial charge in [-0.05, 0) is 56.3 Å². The van der Waals surface area contributed by atoms with E-state index in [9.17, 15) is 10.1 Å². The van der Waals surface area contributed by atoms with Gasteiger partial charge >= 0.3 is 13.1 Å². The third-order valence-electron chi connectivity index (χ3n) is 6.51. The number of aromatic nitrogens is 2. The lowest BCUT2D eigenvalue weighted by atomic mass is 9.71. The van der Waals surface area contributed by atoms with Gasteiger partial charge in [-0.3, -0.25) is 0 Å². The van der Waals surface area contributed by atoms with Gasteiger partial charge in [-0.1, -0.05) is 13.8 Å². The summed E-state index contributed by atoms with van der Waals surface area (Å²) in [6, 6.07) is 6.08. The molecule has 1 saturated carbocycles. The molecule has 2 fully saturated rings. The molecule has 1 aromatic heterocycles. The second-order valence-corrected chi connectivity index (χ2v) is 10.1. The van der Waals surface area contributed by atoms with E-state index in [0.717, 1.165) is 30.4 Å². The normalized spacial score (nSPS) is 21.3. The molecule has 2 aliphatic rings. The van der Waals surface area contributed by atoms with E-state index in [-0.39, 0.29) is 17.4 Å². The first-order valence-electron chi connectivity index (χ1n) is 11.9. The number of anilines is 3. The minimum atomic E-state index is -0.642. The molecule has 1 saturated heterocycles. The number of ether oxygens (including phenoxy) is 1. The van der Waals surface area contributed by atoms with E-state index in [4.69, 9.17) is 14.0 Å². The lowest BCUT2D eigenvalue weighted by Crippen LogP contribution is -2.50. The number of methoxy groups -OCH3 is 1. The van der Waals surface area contributed by atoms with Crippen LogP contribution in [-0.2, 0) is 14.0 Å². The smallest absolute Gasteiger partial charge is 0.465 e. The number of benzene rings is 1. The quantitative estimate of drug-likeness (QED) is 0.476. The Kier molecular flexibility index (Phi) is 7.29. The van der Waals surface area contributed by atoms with Crippen LogP contribution in [0.5, 0.6) is 0 Å². The molecule has 184 valence electrons. The van der Waals surface area contributed by atoms with Crippen molar-refractivity contribution in [3.63, 3.8) is 0 Å². The Morgan fingerprint density at radius 3 is 2.66 bits per heavy atom. The molecule has 9 nitrogen and oxygen atoms in total. The Morgan fingerprint density at radius 2 is 1.97 bits per heavy atom. The molecule has 2 atom stereocenters. The van der Waals surface area contributed by atoms with Crippen molar-refractivity contribution < 1.29 is 18.8 Å². The molecule has 0 bridgehead atoms. The van der Waals surface area contributed by atoms with Gasteiger partial charge in [0.25, 0.3) is 0 Å². The molecule has 1 aliphatic carbocycles. The predicted octanol–water partition coefficient (Wildman–Crippen LogP) is 3.50. The monoisotopic (exact) mass is 477 g/mol. The van der Waals surface area contributed by atoms with E-state index in [1.807, 2.05) is 19.9 Å². The first-order valence-corrected chi connectivity index (χ1v) is 11.9. The fourth-order valence-corrected chi connectivity index (χ4v) is 4.56. The van der Waals surface area contributed by atoms with E-state index >= 15 is 0 Å². The Morgan fingerprint density at radius 1 is 1.23 bits per heavy atom. The van der Waals surface area contributed by atoms with Crippen LogP contribution in [0.15, 0.2) is 18.3 Å². The second kappa shape index (κ2) is 10.2. The number of aryl methyl sites for hydroxylation is 2. The van der Waals surface area contributed by atoms with Crippen LogP contribution in [0, 0.1) is 36.5 Å². The molecule has 0 spiro atoms. The van der Waals surface area contributed by atoms with E-state index in [1.165, 1.54) is 7.11 Å². The van der Waals surface area contributed by atoms with Gasteiger partial charge < -0.3 is 24.7 Å². The maximum Gasteiger partial charge on any atom is 0.495 e. The van der Waals surface area contributed by atoms with Crippen molar-refractivity contribution >= 4 is 36.0 Å². The van der Waals surface area contributed by atoms with Crippen LogP contribution in [0.25, 0.3) is 0 Å². The van der Waals surface area contributed by atoms with Crippen LogP contribution in [0.2, 0.25) is 0 Å². The molecule has 10 heteroatoms. The van der Waals surface area contributed by atoms with Crippen LogP contribution in [0.4, 0.5) is 17.5 Å². The summed E-state index contributed by atoms with van der Waals surface area (Å²) in [5, 5.41) is 16.0. The predicted molar refractivity (Wildman–Crippen MR) is 134 cm³/mol. The molecular formula is C25H32BN5O4. The van der Waals surface area contributed by atoms with Crippen LogP contribution < -0.4 is 16.1 Å². The molecule has 2 heterocycles. The topological polar surface area (TPSA) is 118 Å². The molecule has 2 N–H and O–H groups in total. The lowest BCUT2D eigenvalue weighted by molar-refractivity contribution is 0.0339. The molecule has 1 aromatic carbocycles. The van der Waals surface area contributed by atoms with Crippen molar-refractivity contribution in [3.05, 3.63) is 35.0 Å². The highest BCUT2D eigenvalue weighted by Crippen LogP contribution is 2.29. The first-order chi connectivity index (χ1) is 16.7. The van der Waals surface area contributed by atoms with Crippen molar-refractivity contribution in [3.8, 4) is 6.07 Å². The van der Waals surface area contributed by atoms with Crippen LogP contribution in [-0.4, -0.2) is 49.4 Å². The highest BCUT2D eigenvalue weighted by atomic mass is 16.6. The molecular weight excluding hydrogens is 445 g/mol. The summed E-state index contributed by atoms with van der Waals surface area (Å²) in [6.07, 6.45) is 4.61. The van der Waals surface area contributed by atoms with E-state index < -0.39 is 13.1 Å². The Balaban J connectivity index is 1.59. The molecule has 0 radical (unpaired) electrons. The van der Waals surface area contributed by atoms with Gasteiger partial charge in [0, 0.05) is 42.1 Å². The largest absolute Gasteiger partial charge is 0.495 e. The third kappa shape index (κ3) is 5.58. The highest BCUT2D eigenvalue weighted by Gasteiger charge is 2.37. The zero-order chi connectivity index (χ0) is 25.2. The zero-order valence-corrected chi connectivity index (χ0v) is 21.0. The average Bonchev–Trinajstić information content (AvgIpc) is 3.28. The zero-order valence-electron chi connectivity index (χ0n) is 21.0. The number of hydrogen-bond donors (Lipinski definition) is 2. The summed E-state index contributed by atoms with van der Waals surface area (Å²) in [5.41, 5.74) is 3.32. The van der Waals surface area contributed by atoms with Gasteiger partial charge in [0.15, 0.2) is 0 Å². The maximum atomic E-state index is 12.7. The van der Waals surface area contributed by atoms with Crippen molar-refractivity contribution in [1.29, 1.82) is 5.26 Å². The van der Waals surface area contributed by atoms with Crippen molar-refractivity contribution in [2.45, 2.75) is 53.0 Å². The number of carbonyl (C=O) groups excluding carboxylic acids is 1. The van der Waals surface area contributed by atoms with Crippen molar-refractivity contribution in [2.24, 2.45) is 11.3 Å². The lowest BCUT2D eigenvalue weighted by Gasteiger charge is -2.34. The van der Waals surface area contributed by atoms with Crippen LogP contribution >= 0.6 is 0 Å². The highest BCUT2D eigenvalue weighted by molar-refractivity contribution is 6.63. The molecule has 0 amide bonds. The van der Waals surface area contributed by atoms with Gasteiger partial charge in [0.1, 0.15) is 5.82 Å². The molecule has 35 heavy (non-hydrogen) atoms. The van der Waals surface area contributed by atoms with Crippen molar-refractivity contribution in [1.82, 2.24) is 9.97 Å². The number of rotatable bonds is 6. The summed E-state index contributed by atoms with van der Waals surface area (Å²) in [6.45, 7) is 9.04. The van der Waals surface area contributed by atoms with E-state index in [2.05, 4.69) is 40.5 Å². The fourth-order valence-electron chi connectivity index (χ4n) is 4.56. The van der Waals surface area contributed by atoms with E-state index in [1.54, 1.807) is 12.3 Å². The van der Waals surface area contributed by atoms with Crippen LogP contribution in [0.3, 0.4) is 0 Å². The van der Waals surface area contributed by atoms with E-state index in [0.29, 0.717) is 41.7 Å². The number of nitriles is 1. The number of nitrogens with one attached hydrogen (secondary N) is 2. The molecule has 2 aromatic rings. The molecule has 0 unspecified atom stereocenters. The maximum absolute atomic E-state index is 12.7. The van der Waals surface area contributed by atoms with Gasteiger partial charge in [-0.25, -0.2) is 9.78 Å². The third-order valence-corrected chi connectivity index (χ3v) is 6.51. The number of carbonyl (C=O) groups is 1. The van der Waals surface area contributed by atoms with Crippen LogP contribution in [0.1, 0.15) is 54.6 Å². The number of esters is 1. The fraction of sp³-hybridized carbons (Fsp3) is 0.520. The second-order valence-electron chi connectivity index (χ2n) is 10.1. The SMILES string of the molecule is COC(=O)c1cc(Nc2ncc(C)c(N[C@@H]3CCC[C@H]3C#N)n2)cc(C)c1B1OCC(C)(C)CO1. The average molecular weight is 477 g/mol. The molecule has 1 aliphatic heterocycles. The minimum Gasteiger partial charge on any atom is -0.465 e. The summed E-state index contributed by atoms with van der Waals surface area (Å²) < 4.78 is 17.0. The van der Waals surface area contributed by atoms with Gasteiger partial charge in [0.2, 0.25) is 5.95 Å². The van der Waals surface area contributed by atoms with Gasteiger partial charge in [0.05, 0.1) is 24.7 Å². The summed E-state index contributed by atoms with van der Waals surface area (Å²) >= 11 is 0. The summed E-state index contributed by atoms with van der Waals surface area (Å²) in [7, 11) is 0.711. The standard InChI is InChI=1S/C25H32BN5O4/c1-15-9-18(10-19(23(32)33-5)21(15)26-34-13-25(3,4)14-35-26)29-24-28-12-16(2)22(31-24)30-20-8-6-7-17(20)11-27/h9-10,12,17,20H,6-8,13-14H2,1-5H3,(H2,28,29,30,31)/t17-,20+/m0/s1. The van der Waals surface area contributed by atoms with Gasteiger partial charge in [-0.15, -0.1) is 0 Å². The Bertz CT molecular complexity index is 1140. The first kappa shape index (κ1) is 25.0. The summed E-state index contributed by atoms with van der Waals surface area (Å²) in [5.74, 6) is 0.593. The Labute approximate surface area is 206 Å². The number of nitrogens with zero attached hydrogens (tertiary/aromatic N) is 3. The number of hydrogen-bond acceptors (Lipinski definition) is 9.